The van der Waals surface area contributed by atoms with E-state index in [1.165, 1.54) is 0 Å². The number of fused-ring (bicyclic) bond motifs is 1. The second kappa shape index (κ2) is 7.71. The van der Waals surface area contributed by atoms with E-state index >= 15 is 0 Å². The minimum atomic E-state index is -0.169. The van der Waals surface area contributed by atoms with E-state index in [0.29, 0.717) is 12.0 Å². The van der Waals surface area contributed by atoms with Crippen molar-refractivity contribution in [2.75, 3.05) is 6.61 Å². The molecule has 0 fully saturated rings. The molecule has 2 heterocycles. The van der Waals surface area contributed by atoms with Crippen LogP contribution in [0.4, 0.5) is 0 Å². The molecule has 6 nitrogen and oxygen atoms in total. The topological polar surface area (TPSA) is 90.9 Å². The molecule has 0 saturated heterocycles. The molecule has 26 heavy (non-hydrogen) atoms. The number of aliphatic hydroxyl groups excluding tert-OH is 1. The number of nitrogens with zero attached hydrogens (tertiary/aromatic N) is 3. The summed E-state index contributed by atoms with van der Waals surface area (Å²) < 4.78 is 1.98. The molecule has 0 bridgehead atoms. The summed E-state index contributed by atoms with van der Waals surface area (Å²) in [6.45, 7) is 4.64. The van der Waals surface area contributed by atoms with Gasteiger partial charge in [-0.05, 0) is 48.9 Å². The molecule has 136 valence electrons. The van der Waals surface area contributed by atoms with E-state index in [2.05, 4.69) is 16.5 Å². The van der Waals surface area contributed by atoms with E-state index in [1.807, 2.05) is 42.9 Å². The highest BCUT2D eigenvalue weighted by molar-refractivity contribution is 5.77. The fourth-order valence-electron chi connectivity index (χ4n) is 3.59. The molecule has 1 amide bonds. The summed E-state index contributed by atoms with van der Waals surface area (Å²) in [7, 11) is 0. The SMILES string of the molecule is CC[C@H](CO)NC(=O)CC1Cc2c(-c3ccc(C#N)cc3C)cnn2C1. The van der Waals surface area contributed by atoms with Crippen LogP contribution in [0, 0.1) is 24.2 Å². The zero-order valence-corrected chi connectivity index (χ0v) is 15.2. The summed E-state index contributed by atoms with van der Waals surface area (Å²) in [6.07, 6.45) is 3.83. The van der Waals surface area contributed by atoms with E-state index in [0.717, 1.165) is 41.8 Å². The highest BCUT2D eigenvalue weighted by Gasteiger charge is 2.28. The lowest BCUT2D eigenvalue weighted by atomic mass is 9.95. The summed E-state index contributed by atoms with van der Waals surface area (Å²) in [4.78, 5) is 12.2. The molecule has 1 aliphatic rings. The zero-order valence-electron chi connectivity index (χ0n) is 15.2. The average molecular weight is 352 g/mol. The minimum absolute atomic E-state index is 0.0160. The van der Waals surface area contributed by atoms with E-state index < -0.39 is 0 Å². The molecule has 0 radical (unpaired) electrons. The Morgan fingerprint density at radius 1 is 1.50 bits per heavy atom. The van der Waals surface area contributed by atoms with Gasteiger partial charge in [-0.2, -0.15) is 10.4 Å². The lowest BCUT2D eigenvalue weighted by Gasteiger charge is -2.15. The number of rotatable bonds is 6. The van der Waals surface area contributed by atoms with Gasteiger partial charge >= 0.3 is 0 Å². The van der Waals surface area contributed by atoms with Crippen LogP contribution < -0.4 is 5.32 Å². The van der Waals surface area contributed by atoms with Crippen LogP contribution in [0.5, 0.6) is 0 Å². The largest absolute Gasteiger partial charge is 0.394 e. The molecule has 2 atom stereocenters. The predicted molar refractivity (Wildman–Crippen MR) is 98.2 cm³/mol. The number of carbonyl (C=O) groups excluding carboxylic acids is 1. The quantitative estimate of drug-likeness (QED) is 0.834. The molecular formula is C20H24N4O2. The van der Waals surface area contributed by atoms with Crippen LogP contribution in [-0.4, -0.2) is 33.4 Å². The Morgan fingerprint density at radius 2 is 2.31 bits per heavy atom. The molecular weight excluding hydrogens is 328 g/mol. The number of hydrogen-bond acceptors (Lipinski definition) is 4. The van der Waals surface area contributed by atoms with Crippen molar-refractivity contribution in [3.05, 3.63) is 41.2 Å². The fourth-order valence-corrected chi connectivity index (χ4v) is 3.59. The summed E-state index contributed by atoms with van der Waals surface area (Å²) in [5.41, 5.74) is 5.01. The average Bonchev–Trinajstić information content (AvgIpc) is 3.19. The van der Waals surface area contributed by atoms with Gasteiger partial charge in [-0.1, -0.05) is 13.0 Å². The van der Waals surface area contributed by atoms with Gasteiger partial charge < -0.3 is 10.4 Å². The number of aliphatic hydroxyl groups is 1. The molecule has 0 spiro atoms. The van der Waals surface area contributed by atoms with Gasteiger partial charge in [0.2, 0.25) is 5.91 Å². The van der Waals surface area contributed by atoms with Crippen LogP contribution in [0.15, 0.2) is 24.4 Å². The van der Waals surface area contributed by atoms with Crippen molar-refractivity contribution < 1.29 is 9.90 Å². The van der Waals surface area contributed by atoms with Gasteiger partial charge in [-0.15, -0.1) is 0 Å². The molecule has 6 heteroatoms. The number of carbonyl (C=O) groups is 1. The van der Waals surface area contributed by atoms with Crippen LogP contribution in [0.1, 0.15) is 36.6 Å². The standard InChI is InChI=1S/C20H24N4O2/c1-3-16(12-25)23-20(26)8-15-7-19-18(10-22-24(19)11-15)17-5-4-14(9-21)6-13(17)2/h4-6,10,15-16,25H,3,7-8,11-12H2,1-2H3,(H,23,26)/t15?,16-/m1/s1. The second-order valence-corrected chi connectivity index (χ2v) is 6.96. The molecule has 1 aliphatic heterocycles. The normalized spacial score (nSPS) is 16.8. The first-order valence-corrected chi connectivity index (χ1v) is 9.01. The first-order valence-electron chi connectivity index (χ1n) is 9.01. The third-order valence-electron chi connectivity index (χ3n) is 5.06. The van der Waals surface area contributed by atoms with Crippen LogP contribution in [0.2, 0.25) is 0 Å². The summed E-state index contributed by atoms with van der Waals surface area (Å²) in [6, 6.07) is 7.68. The van der Waals surface area contributed by atoms with Crippen LogP contribution >= 0.6 is 0 Å². The van der Waals surface area contributed by atoms with Crippen molar-refractivity contribution >= 4 is 5.91 Å². The third-order valence-corrected chi connectivity index (χ3v) is 5.06. The van der Waals surface area contributed by atoms with Gasteiger partial charge in [-0.25, -0.2) is 0 Å². The number of hydrogen-bond donors (Lipinski definition) is 2. The molecule has 3 rings (SSSR count). The maximum Gasteiger partial charge on any atom is 0.220 e. The van der Waals surface area contributed by atoms with Crippen LogP contribution in [0.3, 0.4) is 0 Å². The number of aromatic nitrogens is 2. The highest BCUT2D eigenvalue weighted by atomic mass is 16.3. The second-order valence-electron chi connectivity index (χ2n) is 6.96. The summed E-state index contributed by atoms with van der Waals surface area (Å²) in [5, 5.41) is 25.6. The molecule has 0 saturated carbocycles. The maximum atomic E-state index is 12.2. The Labute approximate surface area is 153 Å². The smallest absolute Gasteiger partial charge is 0.220 e. The van der Waals surface area contributed by atoms with E-state index in [-0.39, 0.29) is 24.5 Å². The van der Waals surface area contributed by atoms with Gasteiger partial charge in [0, 0.05) is 24.2 Å². The molecule has 1 aromatic heterocycles. The maximum absolute atomic E-state index is 12.2. The van der Waals surface area contributed by atoms with Gasteiger partial charge in [0.05, 0.1) is 30.5 Å². The third kappa shape index (κ3) is 3.63. The summed E-state index contributed by atoms with van der Waals surface area (Å²) >= 11 is 0. The monoisotopic (exact) mass is 352 g/mol. The number of nitriles is 1. The van der Waals surface area contributed by atoms with Gasteiger partial charge in [0.25, 0.3) is 0 Å². The zero-order chi connectivity index (χ0) is 18.7. The number of nitrogens with one attached hydrogen (secondary N) is 1. The lowest BCUT2D eigenvalue weighted by Crippen LogP contribution is -2.37. The number of aryl methyl sites for hydroxylation is 1. The van der Waals surface area contributed by atoms with Crippen molar-refractivity contribution in [1.82, 2.24) is 15.1 Å². The number of amides is 1. The van der Waals surface area contributed by atoms with Crippen molar-refractivity contribution in [2.24, 2.45) is 5.92 Å². The van der Waals surface area contributed by atoms with Gasteiger partial charge in [0.15, 0.2) is 0 Å². The fraction of sp³-hybridized carbons (Fsp3) is 0.450. The Hall–Kier alpha value is -2.65. The first-order chi connectivity index (χ1) is 12.5. The summed E-state index contributed by atoms with van der Waals surface area (Å²) in [5.74, 6) is 0.199. The van der Waals surface area contributed by atoms with Gasteiger partial charge in [-0.3, -0.25) is 9.48 Å². The number of benzene rings is 1. The van der Waals surface area contributed by atoms with Crippen LogP contribution in [-0.2, 0) is 17.8 Å². The Balaban J connectivity index is 1.71. The Morgan fingerprint density at radius 3 is 2.96 bits per heavy atom. The first kappa shape index (κ1) is 18.2. The molecule has 2 aromatic rings. The van der Waals surface area contributed by atoms with E-state index in [9.17, 15) is 9.90 Å². The van der Waals surface area contributed by atoms with Crippen molar-refractivity contribution in [1.29, 1.82) is 5.26 Å². The highest BCUT2D eigenvalue weighted by Crippen LogP contribution is 2.33. The Bertz CT molecular complexity index is 846. The minimum Gasteiger partial charge on any atom is -0.394 e. The van der Waals surface area contributed by atoms with E-state index in [4.69, 9.17) is 5.26 Å². The lowest BCUT2D eigenvalue weighted by molar-refractivity contribution is -0.123. The molecule has 0 aliphatic carbocycles. The molecule has 1 unspecified atom stereocenters. The van der Waals surface area contributed by atoms with Crippen LogP contribution in [0.25, 0.3) is 11.1 Å². The predicted octanol–water partition coefficient (Wildman–Crippen LogP) is 2.18. The van der Waals surface area contributed by atoms with Crippen molar-refractivity contribution in [3.63, 3.8) is 0 Å². The van der Waals surface area contributed by atoms with Crippen molar-refractivity contribution in [3.8, 4) is 17.2 Å². The molecule has 2 N–H and O–H groups in total. The van der Waals surface area contributed by atoms with E-state index in [1.54, 1.807) is 0 Å². The molecule has 1 aromatic carbocycles. The van der Waals surface area contributed by atoms with Gasteiger partial charge in [0.1, 0.15) is 0 Å². The Kier molecular flexibility index (Phi) is 5.38. The van der Waals surface area contributed by atoms with Crippen molar-refractivity contribution in [2.45, 2.75) is 45.7 Å².